The second kappa shape index (κ2) is 4.73. The molecule has 0 fully saturated rings. The first-order valence-corrected chi connectivity index (χ1v) is 4.34. The van der Waals surface area contributed by atoms with Crippen LogP contribution in [0.4, 0.5) is 0 Å². The number of ether oxygens (including phenoxy) is 1. The quantitative estimate of drug-likeness (QED) is 0.590. The Bertz CT molecular complexity index is 356. The molecule has 0 radical (unpaired) electrons. The van der Waals surface area contributed by atoms with Gasteiger partial charge in [0.05, 0.1) is 6.26 Å². The van der Waals surface area contributed by atoms with Crippen molar-refractivity contribution < 1.29 is 13.9 Å². The number of esters is 1. The molecule has 0 spiro atoms. The van der Waals surface area contributed by atoms with Gasteiger partial charge in [-0.25, -0.2) is 4.79 Å². The van der Waals surface area contributed by atoms with Crippen molar-refractivity contribution in [2.45, 2.75) is 6.92 Å². The van der Waals surface area contributed by atoms with Gasteiger partial charge in [0.2, 0.25) is 0 Å². The first-order chi connectivity index (χ1) is 6.25. The van der Waals surface area contributed by atoms with Gasteiger partial charge in [-0.3, -0.25) is 0 Å². The molecule has 68 valence electrons. The highest BCUT2D eigenvalue weighted by Gasteiger charge is 2.12. The zero-order chi connectivity index (χ0) is 9.68. The Morgan fingerprint density at radius 1 is 1.77 bits per heavy atom. The molecule has 0 aliphatic rings. The van der Waals surface area contributed by atoms with E-state index in [0.29, 0.717) is 10.2 Å². The third kappa shape index (κ3) is 2.63. The minimum absolute atomic E-state index is 0.104. The minimum Gasteiger partial charge on any atom is -0.457 e. The maximum atomic E-state index is 11.2. The van der Waals surface area contributed by atoms with Crippen LogP contribution < -0.4 is 0 Å². The molecular weight excluding hydrogens is 236 g/mol. The topological polar surface area (TPSA) is 39.4 Å². The molecule has 0 aliphatic carbocycles. The van der Waals surface area contributed by atoms with E-state index in [0.717, 1.165) is 0 Å². The number of furan rings is 1. The monoisotopic (exact) mass is 242 g/mol. The fourth-order valence-corrected chi connectivity index (χ4v) is 1.09. The first-order valence-electron chi connectivity index (χ1n) is 3.55. The maximum Gasteiger partial charge on any atom is 0.343 e. The number of carbonyl (C=O) groups excluding carboxylic acids is 1. The molecule has 1 rings (SSSR count). The molecule has 3 nitrogen and oxygen atoms in total. The Hall–Kier alpha value is -1.21. The molecule has 0 bridgehead atoms. The summed E-state index contributed by atoms with van der Waals surface area (Å²) in [5, 5.41) is 0. The average Bonchev–Trinajstić information content (AvgIpc) is 2.52. The zero-order valence-corrected chi connectivity index (χ0v) is 8.55. The van der Waals surface area contributed by atoms with Gasteiger partial charge in [-0.05, 0) is 28.9 Å². The Morgan fingerprint density at radius 3 is 3.08 bits per heavy atom. The molecule has 0 N–H and O–H groups in total. The molecule has 0 amide bonds. The standard InChI is InChI=1S/C9H7BrO3/c1-2-3-5-13-9(11)7-4-6-12-8(7)10/h4,6H,5H2,1H3. The Morgan fingerprint density at radius 2 is 2.54 bits per heavy atom. The molecule has 0 atom stereocenters. The van der Waals surface area contributed by atoms with E-state index in [1.807, 2.05) is 0 Å². The summed E-state index contributed by atoms with van der Waals surface area (Å²) in [6.45, 7) is 1.79. The van der Waals surface area contributed by atoms with Crippen molar-refractivity contribution in [2.24, 2.45) is 0 Å². The molecule has 0 saturated carbocycles. The fourth-order valence-electron chi connectivity index (χ4n) is 0.691. The van der Waals surface area contributed by atoms with E-state index in [1.54, 1.807) is 6.92 Å². The molecule has 0 saturated heterocycles. The third-order valence-electron chi connectivity index (χ3n) is 1.29. The zero-order valence-electron chi connectivity index (χ0n) is 6.96. The second-order valence-electron chi connectivity index (χ2n) is 2.11. The van der Waals surface area contributed by atoms with Gasteiger partial charge in [0.1, 0.15) is 5.56 Å². The average molecular weight is 243 g/mol. The van der Waals surface area contributed by atoms with Crippen LogP contribution in [0, 0.1) is 11.8 Å². The Kier molecular flexibility index (Phi) is 3.59. The van der Waals surface area contributed by atoms with E-state index >= 15 is 0 Å². The van der Waals surface area contributed by atoms with Crippen molar-refractivity contribution in [3.05, 3.63) is 22.6 Å². The van der Waals surface area contributed by atoms with Gasteiger partial charge in [0.15, 0.2) is 11.3 Å². The van der Waals surface area contributed by atoms with E-state index in [1.165, 1.54) is 12.3 Å². The van der Waals surface area contributed by atoms with Crippen LogP contribution in [0.1, 0.15) is 17.3 Å². The summed E-state index contributed by atoms with van der Waals surface area (Å²) in [6.07, 6.45) is 1.41. The Balaban J connectivity index is 2.57. The highest BCUT2D eigenvalue weighted by molar-refractivity contribution is 9.10. The molecule has 0 aliphatic heterocycles. The van der Waals surface area contributed by atoms with Gasteiger partial charge >= 0.3 is 5.97 Å². The van der Waals surface area contributed by atoms with Crippen molar-refractivity contribution in [2.75, 3.05) is 6.61 Å². The molecule has 0 aromatic carbocycles. The summed E-state index contributed by atoms with van der Waals surface area (Å²) in [5.41, 5.74) is 0.373. The summed E-state index contributed by atoms with van der Waals surface area (Å²) >= 11 is 3.07. The lowest BCUT2D eigenvalue weighted by Gasteiger charge is -1.96. The van der Waals surface area contributed by atoms with Crippen LogP contribution in [0.2, 0.25) is 0 Å². The number of carbonyl (C=O) groups is 1. The van der Waals surface area contributed by atoms with E-state index in [2.05, 4.69) is 27.8 Å². The van der Waals surface area contributed by atoms with Crippen molar-refractivity contribution in [3.8, 4) is 11.8 Å². The fraction of sp³-hybridized carbons (Fsp3) is 0.222. The molecular formula is C9H7BrO3. The predicted molar refractivity (Wildman–Crippen MR) is 50.1 cm³/mol. The molecule has 0 unspecified atom stereocenters. The SMILES string of the molecule is CC#CCOC(=O)c1ccoc1Br. The van der Waals surface area contributed by atoms with Crippen molar-refractivity contribution in [1.29, 1.82) is 0 Å². The molecule has 13 heavy (non-hydrogen) atoms. The van der Waals surface area contributed by atoms with Crippen LogP contribution >= 0.6 is 15.9 Å². The lowest BCUT2D eigenvalue weighted by atomic mass is 10.3. The number of hydrogen-bond acceptors (Lipinski definition) is 3. The van der Waals surface area contributed by atoms with Crippen LogP contribution in [0.15, 0.2) is 21.4 Å². The van der Waals surface area contributed by atoms with Crippen LogP contribution in [0.25, 0.3) is 0 Å². The molecule has 1 aromatic heterocycles. The maximum absolute atomic E-state index is 11.2. The van der Waals surface area contributed by atoms with E-state index < -0.39 is 5.97 Å². The van der Waals surface area contributed by atoms with Crippen molar-refractivity contribution in [3.63, 3.8) is 0 Å². The molecule has 4 heteroatoms. The number of rotatable bonds is 2. The normalized spacial score (nSPS) is 8.77. The van der Waals surface area contributed by atoms with Crippen LogP contribution in [-0.2, 0) is 4.74 Å². The largest absolute Gasteiger partial charge is 0.457 e. The van der Waals surface area contributed by atoms with Crippen LogP contribution in [0.5, 0.6) is 0 Å². The second-order valence-corrected chi connectivity index (χ2v) is 2.83. The van der Waals surface area contributed by atoms with Crippen molar-refractivity contribution in [1.82, 2.24) is 0 Å². The van der Waals surface area contributed by atoms with E-state index in [-0.39, 0.29) is 6.61 Å². The van der Waals surface area contributed by atoms with E-state index in [4.69, 9.17) is 9.15 Å². The summed E-state index contributed by atoms with van der Waals surface area (Å²) < 4.78 is 10.1. The smallest absolute Gasteiger partial charge is 0.343 e. The van der Waals surface area contributed by atoms with Crippen molar-refractivity contribution >= 4 is 21.9 Å². The summed E-state index contributed by atoms with van der Waals surface area (Å²) in [6, 6.07) is 1.53. The van der Waals surface area contributed by atoms with Gasteiger partial charge in [-0.15, -0.1) is 5.92 Å². The van der Waals surface area contributed by atoms with Gasteiger partial charge in [0.25, 0.3) is 0 Å². The predicted octanol–water partition coefficient (Wildman–Crippen LogP) is 2.22. The van der Waals surface area contributed by atoms with Crippen LogP contribution in [-0.4, -0.2) is 12.6 Å². The highest BCUT2D eigenvalue weighted by Crippen LogP contribution is 2.17. The minimum atomic E-state index is -0.441. The lowest BCUT2D eigenvalue weighted by molar-refractivity contribution is 0.0554. The lowest BCUT2D eigenvalue weighted by Crippen LogP contribution is -2.04. The third-order valence-corrected chi connectivity index (χ3v) is 1.90. The van der Waals surface area contributed by atoms with Crippen LogP contribution in [0.3, 0.4) is 0 Å². The highest BCUT2D eigenvalue weighted by atomic mass is 79.9. The van der Waals surface area contributed by atoms with Gasteiger partial charge in [-0.2, -0.15) is 0 Å². The summed E-state index contributed by atoms with van der Waals surface area (Å²) in [5.74, 6) is 4.80. The van der Waals surface area contributed by atoms with Gasteiger partial charge < -0.3 is 9.15 Å². The number of hydrogen-bond donors (Lipinski definition) is 0. The van der Waals surface area contributed by atoms with Gasteiger partial charge in [-0.1, -0.05) is 5.92 Å². The van der Waals surface area contributed by atoms with E-state index in [9.17, 15) is 4.79 Å². The summed E-state index contributed by atoms with van der Waals surface area (Å²) in [7, 11) is 0. The Labute approximate surface area is 84.2 Å². The summed E-state index contributed by atoms with van der Waals surface area (Å²) in [4.78, 5) is 11.2. The number of halogens is 1. The first kappa shape index (κ1) is 9.87. The van der Waals surface area contributed by atoms with Gasteiger partial charge in [0, 0.05) is 0 Å². The molecule has 1 heterocycles. The molecule has 1 aromatic rings.